The maximum absolute atomic E-state index is 11.2. The van der Waals surface area contributed by atoms with Crippen LogP contribution in [0, 0.1) is 0 Å². The summed E-state index contributed by atoms with van der Waals surface area (Å²) >= 11 is 0. The Labute approximate surface area is 76.3 Å². The second-order valence-electron chi connectivity index (χ2n) is 3.60. The Bertz CT molecular complexity index is 238. The first kappa shape index (κ1) is 8.34. The van der Waals surface area contributed by atoms with Crippen LogP contribution in [-0.4, -0.2) is 30.6 Å². The van der Waals surface area contributed by atoms with Crippen molar-refractivity contribution in [2.45, 2.75) is 31.3 Å². The second kappa shape index (κ2) is 3.24. The Kier molecular flexibility index (Phi) is 2.08. The smallest absolute Gasteiger partial charge is 0.315 e. The lowest BCUT2D eigenvalue weighted by atomic mass is 10.3. The largest absolute Gasteiger partial charge is 0.354 e. The number of amides is 3. The molecule has 72 valence electrons. The fraction of sp³-hybridized carbons (Fsp3) is 0.750. The van der Waals surface area contributed by atoms with Gasteiger partial charge in [-0.3, -0.25) is 4.79 Å². The minimum atomic E-state index is -0.149. The van der Waals surface area contributed by atoms with E-state index < -0.39 is 0 Å². The molecule has 3 N–H and O–H groups in total. The van der Waals surface area contributed by atoms with E-state index in [0.29, 0.717) is 19.0 Å². The van der Waals surface area contributed by atoms with E-state index in [4.69, 9.17) is 0 Å². The van der Waals surface area contributed by atoms with E-state index in [1.807, 2.05) is 0 Å². The van der Waals surface area contributed by atoms with Crippen LogP contribution in [0.3, 0.4) is 0 Å². The second-order valence-corrected chi connectivity index (χ2v) is 3.60. The molecule has 2 fully saturated rings. The first-order valence-corrected chi connectivity index (χ1v) is 4.58. The summed E-state index contributed by atoms with van der Waals surface area (Å²) in [6.45, 7) is 0.552. The summed E-state index contributed by atoms with van der Waals surface area (Å²) in [4.78, 5) is 22.0. The SMILES string of the molecule is O=C1CC(NC(=O)NC2CC2)CN1. The molecule has 5 nitrogen and oxygen atoms in total. The third kappa shape index (κ3) is 2.34. The molecule has 1 atom stereocenters. The van der Waals surface area contributed by atoms with Gasteiger partial charge in [0.05, 0.1) is 6.04 Å². The van der Waals surface area contributed by atoms with Crippen molar-refractivity contribution >= 4 is 11.9 Å². The molecule has 13 heavy (non-hydrogen) atoms. The number of carbonyl (C=O) groups is 2. The minimum Gasteiger partial charge on any atom is -0.354 e. The van der Waals surface area contributed by atoms with Gasteiger partial charge in [-0.15, -0.1) is 0 Å². The number of hydrogen-bond acceptors (Lipinski definition) is 2. The van der Waals surface area contributed by atoms with Crippen LogP contribution in [0.15, 0.2) is 0 Å². The van der Waals surface area contributed by atoms with Gasteiger partial charge in [0.25, 0.3) is 0 Å². The molecule has 0 spiro atoms. The van der Waals surface area contributed by atoms with Gasteiger partial charge in [0.1, 0.15) is 0 Å². The molecule has 2 aliphatic rings. The maximum Gasteiger partial charge on any atom is 0.315 e. The number of hydrogen-bond donors (Lipinski definition) is 3. The van der Waals surface area contributed by atoms with Crippen molar-refractivity contribution in [3.63, 3.8) is 0 Å². The third-order valence-electron chi connectivity index (χ3n) is 2.23. The van der Waals surface area contributed by atoms with E-state index in [-0.39, 0.29) is 18.0 Å². The summed E-state index contributed by atoms with van der Waals surface area (Å²) in [5.41, 5.74) is 0. The van der Waals surface area contributed by atoms with E-state index in [0.717, 1.165) is 12.8 Å². The summed E-state index contributed by atoms with van der Waals surface area (Å²) in [5.74, 6) is 0.0109. The molecule has 3 amide bonds. The molecule has 1 unspecified atom stereocenters. The standard InChI is InChI=1S/C8H13N3O2/c12-7-3-6(4-9-7)11-8(13)10-5-1-2-5/h5-6H,1-4H2,(H,9,12)(H2,10,11,13). The molecule has 0 aromatic carbocycles. The van der Waals surface area contributed by atoms with Crippen molar-refractivity contribution in [1.82, 2.24) is 16.0 Å². The van der Waals surface area contributed by atoms with Crippen molar-refractivity contribution in [2.24, 2.45) is 0 Å². The molecule has 0 aromatic heterocycles. The van der Waals surface area contributed by atoms with E-state index in [1.54, 1.807) is 0 Å². The molecule has 5 heteroatoms. The average molecular weight is 183 g/mol. The summed E-state index contributed by atoms with van der Waals surface area (Å²) in [6.07, 6.45) is 2.56. The van der Waals surface area contributed by atoms with Crippen LogP contribution in [0.1, 0.15) is 19.3 Å². The lowest BCUT2D eigenvalue weighted by Gasteiger charge is -2.10. The van der Waals surface area contributed by atoms with Gasteiger partial charge in [-0.05, 0) is 12.8 Å². The van der Waals surface area contributed by atoms with Gasteiger partial charge in [-0.25, -0.2) is 4.79 Å². The summed E-state index contributed by atoms with van der Waals surface area (Å²) in [7, 11) is 0. The molecule has 1 saturated carbocycles. The molecule has 1 saturated heterocycles. The Morgan fingerprint density at radius 1 is 1.31 bits per heavy atom. The minimum absolute atomic E-state index is 0.0109. The van der Waals surface area contributed by atoms with Crippen molar-refractivity contribution in [3.05, 3.63) is 0 Å². The summed E-state index contributed by atoms with van der Waals surface area (Å²) < 4.78 is 0. The Morgan fingerprint density at radius 2 is 2.00 bits per heavy atom. The maximum atomic E-state index is 11.2. The van der Waals surface area contributed by atoms with Gasteiger partial charge >= 0.3 is 6.03 Å². The van der Waals surface area contributed by atoms with Crippen LogP contribution in [0.5, 0.6) is 0 Å². The van der Waals surface area contributed by atoms with Crippen LogP contribution >= 0.6 is 0 Å². The van der Waals surface area contributed by atoms with Gasteiger partial charge in [-0.1, -0.05) is 0 Å². The Morgan fingerprint density at radius 3 is 2.54 bits per heavy atom. The van der Waals surface area contributed by atoms with Crippen molar-refractivity contribution in [3.8, 4) is 0 Å². The zero-order valence-corrected chi connectivity index (χ0v) is 7.30. The number of nitrogens with one attached hydrogen (secondary N) is 3. The number of carbonyl (C=O) groups excluding carboxylic acids is 2. The highest BCUT2D eigenvalue weighted by Gasteiger charge is 2.26. The number of rotatable bonds is 2. The summed E-state index contributed by atoms with van der Waals surface area (Å²) in [6, 6.07) is 0.181. The molecule has 1 aliphatic carbocycles. The zero-order chi connectivity index (χ0) is 9.26. The zero-order valence-electron chi connectivity index (χ0n) is 7.30. The van der Waals surface area contributed by atoms with E-state index in [9.17, 15) is 9.59 Å². The van der Waals surface area contributed by atoms with Crippen LogP contribution in [0.2, 0.25) is 0 Å². The molecule has 1 heterocycles. The average Bonchev–Trinajstić information content (AvgIpc) is 2.76. The Balaban J connectivity index is 1.70. The molecule has 0 radical (unpaired) electrons. The predicted molar refractivity (Wildman–Crippen MR) is 46.1 cm³/mol. The molecular weight excluding hydrogens is 170 g/mol. The van der Waals surface area contributed by atoms with Gasteiger partial charge in [-0.2, -0.15) is 0 Å². The fourth-order valence-electron chi connectivity index (χ4n) is 1.35. The van der Waals surface area contributed by atoms with Crippen LogP contribution in [0.25, 0.3) is 0 Å². The molecular formula is C8H13N3O2. The van der Waals surface area contributed by atoms with Crippen molar-refractivity contribution in [1.29, 1.82) is 0 Å². The quantitative estimate of drug-likeness (QED) is 0.531. The monoisotopic (exact) mass is 183 g/mol. The first-order valence-electron chi connectivity index (χ1n) is 4.58. The molecule has 1 aliphatic heterocycles. The van der Waals surface area contributed by atoms with Crippen LogP contribution in [-0.2, 0) is 4.79 Å². The lowest BCUT2D eigenvalue weighted by molar-refractivity contribution is -0.119. The van der Waals surface area contributed by atoms with Gasteiger partial charge in [0.15, 0.2) is 0 Å². The van der Waals surface area contributed by atoms with E-state index in [2.05, 4.69) is 16.0 Å². The molecule has 0 bridgehead atoms. The van der Waals surface area contributed by atoms with Crippen molar-refractivity contribution in [2.75, 3.05) is 6.54 Å². The summed E-state index contributed by atoms with van der Waals surface area (Å²) in [5, 5.41) is 8.22. The fourth-order valence-corrected chi connectivity index (χ4v) is 1.35. The third-order valence-corrected chi connectivity index (χ3v) is 2.23. The highest BCUT2D eigenvalue weighted by atomic mass is 16.2. The van der Waals surface area contributed by atoms with Gasteiger partial charge in [0, 0.05) is 19.0 Å². The van der Waals surface area contributed by atoms with E-state index in [1.165, 1.54) is 0 Å². The molecule has 0 aromatic rings. The van der Waals surface area contributed by atoms with E-state index >= 15 is 0 Å². The highest BCUT2D eigenvalue weighted by Crippen LogP contribution is 2.18. The van der Waals surface area contributed by atoms with Crippen LogP contribution < -0.4 is 16.0 Å². The van der Waals surface area contributed by atoms with Gasteiger partial charge in [0.2, 0.25) is 5.91 Å². The highest BCUT2D eigenvalue weighted by molar-refractivity contribution is 5.81. The predicted octanol–water partition coefficient (Wildman–Crippen LogP) is -0.663. The Hall–Kier alpha value is -1.26. The first-order chi connectivity index (χ1) is 6.24. The lowest BCUT2D eigenvalue weighted by Crippen LogP contribution is -2.43. The van der Waals surface area contributed by atoms with Crippen LogP contribution in [0.4, 0.5) is 4.79 Å². The normalized spacial score (nSPS) is 26.8. The van der Waals surface area contributed by atoms with Gasteiger partial charge < -0.3 is 16.0 Å². The topological polar surface area (TPSA) is 70.2 Å². The van der Waals surface area contributed by atoms with Crippen molar-refractivity contribution < 1.29 is 9.59 Å². The molecule has 2 rings (SSSR count). The number of urea groups is 1.